The summed E-state index contributed by atoms with van der Waals surface area (Å²) in [6.07, 6.45) is 1.58. The minimum absolute atomic E-state index is 0.223. The molecule has 10 heavy (non-hydrogen) atoms. The molecule has 0 aliphatic rings. The molecule has 0 radical (unpaired) electrons. The van der Waals surface area contributed by atoms with Gasteiger partial charge in [-0.25, -0.2) is 0 Å². The highest BCUT2D eigenvalue weighted by Gasteiger charge is 2.08. The van der Waals surface area contributed by atoms with Crippen LogP contribution in [-0.2, 0) is 9.53 Å². The molecule has 0 unspecified atom stereocenters. The van der Waals surface area contributed by atoms with E-state index in [0.717, 1.165) is 0 Å². The Bertz CT molecular complexity index is 155. The quantitative estimate of drug-likeness (QED) is 0.439. The predicted octanol–water partition coefficient (Wildman–Crippen LogP) is 1.53. The molecule has 0 aromatic rings. The Kier molecular flexibility index (Phi) is 4.34. The number of ether oxygens (including phenoxy) is 1. The van der Waals surface area contributed by atoms with E-state index in [4.69, 9.17) is 4.74 Å². The number of carbonyl (C=O) groups excluding carboxylic acids is 1. The van der Waals surface area contributed by atoms with Gasteiger partial charge in [-0.3, -0.25) is 4.79 Å². The summed E-state index contributed by atoms with van der Waals surface area (Å²) in [5, 5.41) is 0. The fourth-order valence-corrected chi connectivity index (χ4v) is 0.519. The Labute approximate surface area is 61.2 Å². The van der Waals surface area contributed by atoms with Crippen LogP contribution < -0.4 is 0 Å². The van der Waals surface area contributed by atoms with Crippen molar-refractivity contribution in [3.05, 3.63) is 18.4 Å². The van der Waals surface area contributed by atoms with Crippen LogP contribution in [0.5, 0.6) is 0 Å². The van der Waals surface area contributed by atoms with Crippen molar-refractivity contribution in [2.45, 2.75) is 13.8 Å². The van der Waals surface area contributed by atoms with E-state index in [0.29, 0.717) is 6.61 Å². The van der Waals surface area contributed by atoms with Crippen LogP contribution in [0, 0.1) is 5.92 Å². The molecule has 1 atom stereocenters. The maximum atomic E-state index is 10.8. The van der Waals surface area contributed by atoms with Gasteiger partial charge in [-0.2, -0.15) is 0 Å². The Morgan fingerprint density at radius 2 is 2.50 bits per heavy atom. The van der Waals surface area contributed by atoms with Gasteiger partial charge < -0.3 is 4.74 Å². The molecule has 0 saturated heterocycles. The van der Waals surface area contributed by atoms with Gasteiger partial charge in [-0.05, 0) is 19.9 Å². The van der Waals surface area contributed by atoms with Crippen molar-refractivity contribution in [3.63, 3.8) is 0 Å². The lowest BCUT2D eigenvalue weighted by Gasteiger charge is -2.02. The lowest BCUT2D eigenvalue weighted by atomic mass is 10.2. The number of hydrogen-bond donors (Lipinski definition) is 0. The van der Waals surface area contributed by atoms with Crippen LogP contribution in [0.15, 0.2) is 18.4 Å². The van der Waals surface area contributed by atoms with Crippen LogP contribution in [-0.4, -0.2) is 12.6 Å². The van der Waals surface area contributed by atoms with Crippen LogP contribution in [0.3, 0.4) is 0 Å². The van der Waals surface area contributed by atoms with Crippen molar-refractivity contribution in [2.24, 2.45) is 5.92 Å². The summed E-state index contributed by atoms with van der Waals surface area (Å²) in [6.45, 7) is 7.31. The van der Waals surface area contributed by atoms with Crippen LogP contribution in [0.4, 0.5) is 0 Å². The first-order valence-corrected chi connectivity index (χ1v) is 3.25. The zero-order chi connectivity index (χ0) is 7.98. The molecule has 2 heteroatoms. The van der Waals surface area contributed by atoms with Crippen molar-refractivity contribution in [1.29, 1.82) is 0 Å². The molecule has 0 aromatic carbocycles. The molecule has 0 bridgehead atoms. The summed E-state index contributed by atoms with van der Waals surface area (Å²) in [6, 6.07) is 0. The molecule has 0 aliphatic carbocycles. The molecule has 0 aliphatic heterocycles. The van der Waals surface area contributed by atoms with Gasteiger partial charge in [0.2, 0.25) is 0 Å². The van der Waals surface area contributed by atoms with Gasteiger partial charge >= 0.3 is 5.97 Å². The van der Waals surface area contributed by atoms with Gasteiger partial charge in [0.15, 0.2) is 0 Å². The minimum Gasteiger partial charge on any atom is -0.466 e. The third kappa shape index (κ3) is 3.10. The van der Waals surface area contributed by atoms with E-state index in [1.165, 1.54) is 0 Å². The Balaban J connectivity index is 3.81. The standard InChI is InChI=1S/C8H12O2/c1-4-6-7(3)8(9)10-5-2/h6-7H,1,5H2,2-3H3/t7-/m1/s1. The third-order valence-corrected chi connectivity index (χ3v) is 1.03. The normalized spacial score (nSPS) is 11.4. The molecule has 56 valence electrons. The maximum Gasteiger partial charge on any atom is 0.313 e. The molecule has 0 N–H and O–H groups in total. The summed E-state index contributed by atoms with van der Waals surface area (Å²) < 4.78 is 4.72. The van der Waals surface area contributed by atoms with E-state index < -0.39 is 0 Å². The molecule has 0 rings (SSSR count). The molecule has 0 spiro atoms. The lowest BCUT2D eigenvalue weighted by Crippen LogP contribution is -2.11. The molecule has 0 heterocycles. The summed E-state index contributed by atoms with van der Waals surface area (Å²) in [4.78, 5) is 10.8. The van der Waals surface area contributed by atoms with Crippen molar-refractivity contribution in [1.82, 2.24) is 0 Å². The third-order valence-electron chi connectivity index (χ3n) is 1.03. The van der Waals surface area contributed by atoms with Gasteiger partial charge in [0, 0.05) is 0 Å². The number of carbonyl (C=O) groups is 1. The second-order valence-corrected chi connectivity index (χ2v) is 1.91. The van der Waals surface area contributed by atoms with Crippen LogP contribution in [0.1, 0.15) is 13.8 Å². The fraction of sp³-hybridized carbons (Fsp3) is 0.500. The van der Waals surface area contributed by atoms with Gasteiger partial charge in [0.05, 0.1) is 12.5 Å². The Hall–Kier alpha value is -1.01. The second-order valence-electron chi connectivity index (χ2n) is 1.91. The van der Waals surface area contributed by atoms with Crippen molar-refractivity contribution in [2.75, 3.05) is 6.61 Å². The maximum absolute atomic E-state index is 10.8. The first kappa shape index (κ1) is 8.99. The molecule has 0 saturated carbocycles. The molecule has 0 aromatic heterocycles. The predicted molar refractivity (Wildman–Crippen MR) is 39.5 cm³/mol. The first-order valence-electron chi connectivity index (χ1n) is 3.25. The zero-order valence-electron chi connectivity index (χ0n) is 6.39. The SMILES string of the molecule is C=C=C[C@@H](C)C(=O)OCC. The monoisotopic (exact) mass is 140 g/mol. The largest absolute Gasteiger partial charge is 0.466 e. The van der Waals surface area contributed by atoms with Gasteiger partial charge in [0.1, 0.15) is 0 Å². The van der Waals surface area contributed by atoms with E-state index in [9.17, 15) is 4.79 Å². The smallest absolute Gasteiger partial charge is 0.313 e. The second kappa shape index (κ2) is 4.83. The van der Waals surface area contributed by atoms with E-state index in [1.807, 2.05) is 0 Å². The van der Waals surface area contributed by atoms with Crippen LogP contribution in [0.2, 0.25) is 0 Å². The van der Waals surface area contributed by atoms with E-state index in [1.54, 1.807) is 19.9 Å². The highest BCUT2D eigenvalue weighted by atomic mass is 16.5. The zero-order valence-corrected chi connectivity index (χ0v) is 6.39. The van der Waals surface area contributed by atoms with Crippen molar-refractivity contribution >= 4 is 5.97 Å². The molecule has 2 nitrogen and oxygen atoms in total. The van der Waals surface area contributed by atoms with Crippen LogP contribution >= 0.6 is 0 Å². The van der Waals surface area contributed by atoms with E-state index in [2.05, 4.69) is 12.3 Å². The Morgan fingerprint density at radius 3 is 2.90 bits per heavy atom. The van der Waals surface area contributed by atoms with E-state index in [-0.39, 0.29) is 11.9 Å². The highest BCUT2D eigenvalue weighted by molar-refractivity contribution is 5.73. The summed E-state index contributed by atoms with van der Waals surface area (Å²) >= 11 is 0. The Morgan fingerprint density at radius 1 is 1.90 bits per heavy atom. The lowest BCUT2D eigenvalue weighted by molar-refractivity contribution is -0.145. The van der Waals surface area contributed by atoms with Gasteiger partial charge in [-0.1, -0.05) is 6.58 Å². The molecule has 0 fully saturated rings. The fourth-order valence-electron chi connectivity index (χ4n) is 0.519. The minimum atomic E-state index is -0.225. The van der Waals surface area contributed by atoms with Crippen LogP contribution in [0.25, 0.3) is 0 Å². The topological polar surface area (TPSA) is 26.3 Å². The van der Waals surface area contributed by atoms with Gasteiger partial charge in [0.25, 0.3) is 0 Å². The first-order chi connectivity index (χ1) is 4.72. The highest BCUT2D eigenvalue weighted by Crippen LogP contribution is 1.98. The van der Waals surface area contributed by atoms with Crippen molar-refractivity contribution in [3.8, 4) is 0 Å². The average molecular weight is 140 g/mol. The molecular formula is C8H12O2. The number of hydrogen-bond acceptors (Lipinski definition) is 2. The van der Waals surface area contributed by atoms with E-state index >= 15 is 0 Å². The summed E-state index contributed by atoms with van der Waals surface area (Å²) in [5.74, 6) is -0.448. The van der Waals surface area contributed by atoms with Crippen molar-refractivity contribution < 1.29 is 9.53 Å². The van der Waals surface area contributed by atoms with Gasteiger partial charge in [-0.15, -0.1) is 5.73 Å². The molecular weight excluding hydrogens is 128 g/mol. The number of rotatable bonds is 3. The average Bonchev–Trinajstić information content (AvgIpc) is 1.89. The number of esters is 1. The molecule has 0 amide bonds. The summed E-state index contributed by atoms with van der Waals surface area (Å²) in [5.41, 5.74) is 2.53. The summed E-state index contributed by atoms with van der Waals surface area (Å²) in [7, 11) is 0.